The minimum atomic E-state index is -0.644. The number of hydrogen-bond donors (Lipinski definition) is 1. The van der Waals surface area contributed by atoms with Crippen molar-refractivity contribution in [1.29, 1.82) is 0 Å². The molecule has 0 amide bonds. The fourth-order valence-electron chi connectivity index (χ4n) is 3.22. The van der Waals surface area contributed by atoms with Crippen LogP contribution in [0, 0.1) is 0 Å². The van der Waals surface area contributed by atoms with Crippen LogP contribution in [0.3, 0.4) is 0 Å². The Labute approximate surface area is 191 Å². The first-order valence-corrected chi connectivity index (χ1v) is 10.3. The number of phenolic OH excluding ortho intramolecular Hbond substituents is 1. The fraction of sp³-hybridized carbons (Fsp3) is 0.280. The van der Waals surface area contributed by atoms with Gasteiger partial charge in [-0.05, 0) is 57.2 Å². The summed E-state index contributed by atoms with van der Waals surface area (Å²) in [5.74, 6) is -0.0818. The molecule has 0 atom stereocenters. The number of aromatic hydroxyl groups is 1. The van der Waals surface area contributed by atoms with E-state index in [0.717, 1.165) is 5.57 Å². The molecule has 8 nitrogen and oxygen atoms in total. The summed E-state index contributed by atoms with van der Waals surface area (Å²) < 4.78 is 27.5. The number of phenols is 1. The number of esters is 1. The Morgan fingerprint density at radius 1 is 1.09 bits per heavy atom. The number of benzene rings is 2. The number of methoxy groups -OCH3 is 2. The molecule has 0 aliphatic heterocycles. The first kappa shape index (κ1) is 23.7. The van der Waals surface area contributed by atoms with E-state index in [0.29, 0.717) is 23.7 Å². The van der Waals surface area contributed by atoms with Crippen molar-refractivity contribution in [3.05, 3.63) is 57.8 Å². The molecular formula is C25H26O8. The Hall–Kier alpha value is -3.94. The molecule has 0 aliphatic rings. The maximum Gasteiger partial charge on any atom is 0.338 e. The van der Waals surface area contributed by atoms with Crippen molar-refractivity contribution in [2.24, 2.45) is 0 Å². The van der Waals surface area contributed by atoms with Crippen LogP contribution in [0.5, 0.6) is 23.0 Å². The lowest BCUT2D eigenvalue weighted by atomic mass is 10.1. The van der Waals surface area contributed by atoms with Gasteiger partial charge in [0, 0.05) is 5.56 Å². The average Bonchev–Trinajstić information content (AvgIpc) is 2.78. The van der Waals surface area contributed by atoms with Gasteiger partial charge in [-0.15, -0.1) is 0 Å². The summed E-state index contributed by atoms with van der Waals surface area (Å²) in [6.07, 6.45) is 1.92. The van der Waals surface area contributed by atoms with E-state index in [4.69, 9.17) is 23.4 Å². The van der Waals surface area contributed by atoms with Crippen molar-refractivity contribution < 1.29 is 33.3 Å². The molecule has 1 N–H and O–H groups in total. The largest absolute Gasteiger partial charge is 0.507 e. The summed E-state index contributed by atoms with van der Waals surface area (Å²) in [5, 5.41) is 10.3. The highest BCUT2D eigenvalue weighted by molar-refractivity contribution is 5.97. The summed E-state index contributed by atoms with van der Waals surface area (Å²) in [7, 11) is 2.86. The van der Waals surface area contributed by atoms with Crippen molar-refractivity contribution >= 4 is 16.9 Å². The Balaban J connectivity index is 2.20. The van der Waals surface area contributed by atoms with Gasteiger partial charge in [-0.2, -0.15) is 0 Å². The van der Waals surface area contributed by atoms with Gasteiger partial charge in [-0.1, -0.05) is 5.57 Å². The maximum atomic E-state index is 13.1. The highest BCUT2D eigenvalue weighted by Gasteiger charge is 2.22. The molecule has 0 spiro atoms. The van der Waals surface area contributed by atoms with Crippen LogP contribution >= 0.6 is 0 Å². The summed E-state index contributed by atoms with van der Waals surface area (Å²) in [6, 6.07) is 7.56. The quantitative estimate of drug-likeness (QED) is 0.386. The number of hydrogen-bond acceptors (Lipinski definition) is 8. The summed E-state index contributed by atoms with van der Waals surface area (Å²) in [5.41, 5.74) is 1.08. The lowest BCUT2D eigenvalue weighted by Crippen LogP contribution is -2.10. The monoisotopic (exact) mass is 454 g/mol. The van der Waals surface area contributed by atoms with E-state index in [9.17, 15) is 14.7 Å². The Bertz CT molecular complexity index is 1270. The summed E-state index contributed by atoms with van der Waals surface area (Å²) in [6.45, 7) is 6.09. The lowest BCUT2D eigenvalue weighted by molar-refractivity contribution is 0.0526. The van der Waals surface area contributed by atoms with Gasteiger partial charge in [0.2, 0.25) is 11.2 Å². The van der Waals surface area contributed by atoms with Crippen molar-refractivity contribution in [2.75, 3.05) is 27.4 Å². The number of carbonyl (C=O) groups is 1. The lowest BCUT2D eigenvalue weighted by Gasteiger charge is -2.14. The van der Waals surface area contributed by atoms with Gasteiger partial charge in [-0.3, -0.25) is 4.79 Å². The van der Waals surface area contributed by atoms with Gasteiger partial charge in [0.25, 0.3) is 0 Å². The SMILES string of the molecule is CCOC(=O)c1cc(O)c2c(=O)c(OC)c(-c3ccc(OC)c(OCC=C(C)C)c3)oc2c1. The van der Waals surface area contributed by atoms with Gasteiger partial charge in [-0.25, -0.2) is 4.79 Å². The predicted octanol–water partition coefficient (Wildman–Crippen LogP) is 4.70. The van der Waals surface area contributed by atoms with Gasteiger partial charge < -0.3 is 28.5 Å². The molecule has 1 heterocycles. The molecule has 8 heteroatoms. The molecule has 33 heavy (non-hydrogen) atoms. The number of ether oxygens (including phenoxy) is 4. The molecular weight excluding hydrogens is 428 g/mol. The number of fused-ring (bicyclic) bond motifs is 1. The Kier molecular flexibility index (Phi) is 7.27. The van der Waals surface area contributed by atoms with Crippen LogP contribution in [-0.4, -0.2) is 38.5 Å². The number of rotatable bonds is 8. The second-order valence-electron chi connectivity index (χ2n) is 7.34. The molecule has 0 aliphatic carbocycles. The van der Waals surface area contributed by atoms with Crippen LogP contribution in [0.2, 0.25) is 0 Å². The minimum Gasteiger partial charge on any atom is -0.507 e. The van der Waals surface area contributed by atoms with Crippen molar-refractivity contribution in [2.45, 2.75) is 20.8 Å². The molecule has 3 aromatic rings. The molecule has 3 rings (SSSR count). The molecule has 0 radical (unpaired) electrons. The van der Waals surface area contributed by atoms with E-state index < -0.39 is 17.1 Å². The average molecular weight is 454 g/mol. The Morgan fingerprint density at radius 3 is 2.48 bits per heavy atom. The highest BCUT2D eigenvalue weighted by atomic mass is 16.5. The zero-order valence-corrected chi connectivity index (χ0v) is 19.2. The molecule has 0 saturated heterocycles. The highest BCUT2D eigenvalue weighted by Crippen LogP contribution is 2.38. The van der Waals surface area contributed by atoms with Crippen LogP contribution in [-0.2, 0) is 4.74 Å². The maximum absolute atomic E-state index is 13.1. The van der Waals surface area contributed by atoms with E-state index in [2.05, 4.69) is 0 Å². The van der Waals surface area contributed by atoms with Crippen molar-refractivity contribution in [1.82, 2.24) is 0 Å². The zero-order valence-electron chi connectivity index (χ0n) is 19.2. The molecule has 0 saturated carbocycles. The standard InChI is InChI=1S/C25H26O8/c1-6-31-25(28)16-11-17(26)21-20(13-16)33-23(24(30-5)22(21)27)15-7-8-18(29-4)19(12-15)32-10-9-14(2)3/h7-9,11-13,26H,6,10H2,1-5H3. The molecule has 2 aromatic carbocycles. The third-order valence-corrected chi connectivity index (χ3v) is 4.80. The first-order valence-electron chi connectivity index (χ1n) is 10.3. The van der Waals surface area contributed by atoms with Crippen LogP contribution in [0.25, 0.3) is 22.3 Å². The van der Waals surface area contributed by atoms with E-state index in [1.165, 1.54) is 26.4 Å². The van der Waals surface area contributed by atoms with Crippen LogP contribution in [0.15, 0.2) is 51.2 Å². The van der Waals surface area contributed by atoms with Gasteiger partial charge in [0.1, 0.15) is 23.3 Å². The van der Waals surface area contributed by atoms with E-state index in [1.54, 1.807) is 25.1 Å². The van der Waals surface area contributed by atoms with Crippen molar-refractivity contribution in [3.63, 3.8) is 0 Å². The normalized spacial score (nSPS) is 10.6. The Morgan fingerprint density at radius 2 is 1.85 bits per heavy atom. The topological polar surface area (TPSA) is 104 Å². The molecule has 0 unspecified atom stereocenters. The summed E-state index contributed by atoms with van der Waals surface area (Å²) >= 11 is 0. The van der Waals surface area contributed by atoms with Gasteiger partial charge >= 0.3 is 5.97 Å². The predicted molar refractivity (Wildman–Crippen MR) is 124 cm³/mol. The molecule has 174 valence electrons. The fourth-order valence-corrected chi connectivity index (χ4v) is 3.22. The smallest absolute Gasteiger partial charge is 0.338 e. The van der Waals surface area contributed by atoms with E-state index in [1.807, 2.05) is 19.9 Å². The minimum absolute atomic E-state index is 0.0154. The second kappa shape index (κ2) is 10.1. The third kappa shape index (κ3) is 4.95. The van der Waals surface area contributed by atoms with Crippen molar-refractivity contribution in [3.8, 4) is 34.3 Å². The second-order valence-corrected chi connectivity index (χ2v) is 7.34. The number of allylic oxidation sites excluding steroid dienone is 1. The van der Waals surface area contributed by atoms with Crippen LogP contribution in [0.1, 0.15) is 31.1 Å². The first-order chi connectivity index (χ1) is 15.8. The third-order valence-electron chi connectivity index (χ3n) is 4.80. The molecule has 0 fully saturated rings. The zero-order chi connectivity index (χ0) is 24.1. The molecule has 1 aromatic heterocycles. The number of carbonyl (C=O) groups excluding carboxylic acids is 1. The van der Waals surface area contributed by atoms with E-state index in [-0.39, 0.29) is 34.6 Å². The van der Waals surface area contributed by atoms with Gasteiger partial charge in [0.15, 0.2) is 17.3 Å². The van der Waals surface area contributed by atoms with E-state index >= 15 is 0 Å². The van der Waals surface area contributed by atoms with Crippen LogP contribution < -0.4 is 19.6 Å². The van der Waals surface area contributed by atoms with Gasteiger partial charge in [0.05, 0.1) is 26.4 Å². The molecule has 0 bridgehead atoms. The summed E-state index contributed by atoms with van der Waals surface area (Å²) in [4.78, 5) is 25.3. The van der Waals surface area contributed by atoms with Crippen LogP contribution in [0.4, 0.5) is 0 Å².